The highest BCUT2D eigenvalue weighted by Gasteiger charge is 2.27. The van der Waals surface area contributed by atoms with E-state index in [1.165, 1.54) is 0 Å². The number of hydrogen-bond donors (Lipinski definition) is 2. The van der Waals surface area contributed by atoms with Crippen LogP contribution in [-0.4, -0.2) is 47.9 Å². The first-order valence-electron chi connectivity index (χ1n) is 7.56. The van der Waals surface area contributed by atoms with Crippen LogP contribution in [0.3, 0.4) is 0 Å². The molecule has 1 aliphatic heterocycles. The Morgan fingerprint density at radius 3 is 2.43 bits per heavy atom. The largest absolute Gasteiger partial charge is 0.399 e. The van der Waals surface area contributed by atoms with E-state index in [1.54, 1.807) is 18.2 Å². The van der Waals surface area contributed by atoms with E-state index < -0.39 is 0 Å². The number of anilines is 2. The van der Waals surface area contributed by atoms with Gasteiger partial charge in [0.25, 0.3) is 5.91 Å². The Kier molecular flexibility index (Phi) is 4.73. The number of piperidine rings is 1. The summed E-state index contributed by atoms with van der Waals surface area (Å²) < 4.78 is 0. The number of amides is 1. The fraction of sp³-hybridized carbons (Fsp3) is 0.562. The summed E-state index contributed by atoms with van der Waals surface area (Å²) >= 11 is 0. The molecule has 116 valence electrons. The molecular weight excluding hydrogens is 264 g/mol. The normalized spacial score (nSPS) is 17.1. The highest BCUT2D eigenvalue weighted by molar-refractivity contribution is 5.99. The van der Waals surface area contributed by atoms with Crippen LogP contribution in [0.4, 0.5) is 11.4 Å². The number of nitrogens with two attached hydrogens (primary N) is 2. The van der Waals surface area contributed by atoms with Crippen molar-refractivity contribution < 1.29 is 4.79 Å². The van der Waals surface area contributed by atoms with E-state index in [2.05, 4.69) is 18.7 Å². The number of rotatable bonds is 3. The van der Waals surface area contributed by atoms with Crippen molar-refractivity contribution in [2.45, 2.75) is 38.8 Å². The second-order valence-electron chi connectivity index (χ2n) is 6.12. The summed E-state index contributed by atoms with van der Waals surface area (Å²) in [5.41, 5.74) is 13.2. The number of carbonyl (C=O) groups is 1. The Hall–Kier alpha value is -1.75. The lowest BCUT2D eigenvalue weighted by molar-refractivity contribution is 0.0616. The molecule has 0 spiro atoms. The first-order chi connectivity index (χ1) is 9.90. The maximum Gasteiger partial charge on any atom is 0.255 e. The van der Waals surface area contributed by atoms with Gasteiger partial charge in [-0.1, -0.05) is 0 Å². The fourth-order valence-corrected chi connectivity index (χ4v) is 2.92. The monoisotopic (exact) mass is 290 g/mol. The molecule has 1 saturated heterocycles. The van der Waals surface area contributed by atoms with E-state index in [1.807, 2.05) is 11.9 Å². The van der Waals surface area contributed by atoms with E-state index in [9.17, 15) is 4.79 Å². The zero-order valence-corrected chi connectivity index (χ0v) is 13.2. The van der Waals surface area contributed by atoms with E-state index in [0.717, 1.165) is 25.9 Å². The second-order valence-corrected chi connectivity index (χ2v) is 6.12. The predicted octanol–water partition coefficient (Wildman–Crippen LogP) is 1.80. The molecule has 2 rings (SSSR count). The van der Waals surface area contributed by atoms with E-state index >= 15 is 0 Å². The van der Waals surface area contributed by atoms with Crippen LogP contribution in [0.5, 0.6) is 0 Å². The minimum Gasteiger partial charge on any atom is -0.399 e. The van der Waals surface area contributed by atoms with Crippen LogP contribution in [0, 0.1) is 0 Å². The molecular formula is C16H26N4O. The van der Waals surface area contributed by atoms with Gasteiger partial charge in [0.15, 0.2) is 0 Å². The molecule has 1 aromatic rings. The van der Waals surface area contributed by atoms with Gasteiger partial charge >= 0.3 is 0 Å². The lowest BCUT2D eigenvalue weighted by atomic mass is 10.0. The van der Waals surface area contributed by atoms with Crippen molar-refractivity contribution in [3.05, 3.63) is 23.8 Å². The summed E-state index contributed by atoms with van der Waals surface area (Å²) in [6, 6.07) is 5.93. The number of benzene rings is 1. The van der Waals surface area contributed by atoms with Crippen molar-refractivity contribution in [3.63, 3.8) is 0 Å². The van der Waals surface area contributed by atoms with E-state index in [4.69, 9.17) is 11.5 Å². The summed E-state index contributed by atoms with van der Waals surface area (Å²) in [5, 5.41) is 0. The molecule has 0 atom stereocenters. The van der Waals surface area contributed by atoms with Gasteiger partial charge in [-0.15, -0.1) is 0 Å². The zero-order chi connectivity index (χ0) is 15.6. The molecule has 5 heteroatoms. The molecule has 1 amide bonds. The third kappa shape index (κ3) is 3.47. The van der Waals surface area contributed by atoms with Gasteiger partial charge in [0, 0.05) is 43.6 Å². The molecule has 0 aliphatic carbocycles. The maximum atomic E-state index is 12.6. The third-order valence-electron chi connectivity index (χ3n) is 4.40. The van der Waals surface area contributed by atoms with Crippen LogP contribution in [0.15, 0.2) is 18.2 Å². The van der Waals surface area contributed by atoms with Crippen LogP contribution in [0.2, 0.25) is 0 Å². The molecule has 0 saturated carbocycles. The van der Waals surface area contributed by atoms with Crippen molar-refractivity contribution >= 4 is 17.3 Å². The Bertz CT molecular complexity index is 507. The first kappa shape index (κ1) is 15.6. The minimum absolute atomic E-state index is 0.0181. The second kappa shape index (κ2) is 6.35. The summed E-state index contributed by atoms with van der Waals surface area (Å²) in [4.78, 5) is 16.9. The van der Waals surface area contributed by atoms with Gasteiger partial charge in [-0.25, -0.2) is 0 Å². The molecule has 0 unspecified atom stereocenters. The zero-order valence-electron chi connectivity index (χ0n) is 13.2. The van der Waals surface area contributed by atoms with Crippen LogP contribution in [0.1, 0.15) is 37.0 Å². The molecule has 21 heavy (non-hydrogen) atoms. The smallest absolute Gasteiger partial charge is 0.255 e. The summed E-state index contributed by atoms with van der Waals surface area (Å²) in [5.74, 6) is -0.0181. The number of carbonyl (C=O) groups excluding carboxylic acids is 1. The van der Waals surface area contributed by atoms with Gasteiger partial charge in [-0.3, -0.25) is 4.79 Å². The Labute approximate surface area is 126 Å². The van der Waals surface area contributed by atoms with Crippen molar-refractivity contribution in [1.82, 2.24) is 9.80 Å². The lowest BCUT2D eigenvalue weighted by Crippen LogP contribution is -2.47. The van der Waals surface area contributed by atoms with Crippen LogP contribution >= 0.6 is 0 Å². The van der Waals surface area contributed by atoms with Gasteiger partial charge in [-0.05, 0) is 44.9 Å². The number of nitrogens with zero attached hydrogens (tertiary/aromatic N) is 2. The number of nitrogen functional groups attached to an aromatic ring is 2. The summed E-state index contributed by atoms with van der Waals surface area (Å²) in [6.45, 7) is 6.50. The average Bonchev–Trinajstić information content (AvgIpc) is 2.46. The Balaban J connectivity index is 2.03. The summed E-state index contributed by atoms with van der Waals surface area (Å²) in [6.07, 6.45) is 2.02. The van der Waals surface area contributed by atoms with Crippen molar-refractivity contribution in [2.24, 2.45) is 0 Å². The fourth-order valence-electron chi connectivity index (χ4n) is 2.92. The molecule has 1 aliphatic rings. The van der Waals surface area contributed by atoms with E-state index in [0.29, 0.717) is 23.0 Å². The van der Waals surface area contributed by atoms with E-state index in [-0.39, 0.29) is 11.9 Å². The number of likely N-dealkylation sites (tertiary alicyclic amines) is 1. The van der Waals surface area contributed by atoms with Crippen LogP contribution < -0.4 is 11.5 Å². The first-order valence-corrected chi connectivity index (χ1v) is 7.56. The molecule has 1 fully saturated rings. The highest BCUT2D eigenvalue weighted by Crippen LogP contribution is 2.22. The summed E-state index contributed by atoms with van der Waals surface area (Å²) in [7, 11) is 1.87. The number of hydrogen-bond acceptors (Lipinski definition) is 4. The minimum atomic E-state index is -0.0181. The standard InChI is InChI=1S/C16H26N4O/c1-11(2)20-8-6-13(7-9-20)19(3)16(21)14-5-4-12(17)10-15(14)18/h4-5,10-11,13H,6-9,17-18H2,1-3H3. The van der Waals surface area contributed by atoms with Crippen LogP contribution in [0.25, 0.3) is 0 Å². The van der Waals surface area contributed by atoms with Gasteiger partial charge in [-0.2, -0.15) is 0 Å². The maximum absolute atomic E-state index is 12.6. The lowest BCUT2D eigenvalue weighted by Gasteiger charge is -2.38. The quantitative estimate of drug-likeness (QED) is 0.832. The SMILES string of the molecule is CC(C)N1CCC(N(C)C(=O)c2ccc(N)cc2N)CC1. The highest BCUT2D eigenvalue weighted by atomic mass is 16.2. The van der Waals surface area contributed by atoms with Gasteiger partial charge < -0.3 is 21.3 Å². The van der Waals surface area contributed by atoms with Gasteiger partial charge in [0.05, 0.1) is 5.56 Å². The molecule has 4 N–H and O–H groups in total. The van der Waals surface area contributed by atoms with Crippen molar-refractivity contribution in [3.8, 4) is 0 Å². The molecule has 0 bridgehead atoms. The third-order valence-corrected chi connectivity index (χ3v) is 4.40. The molecule has 1 heterocycles. The molecule has 0 radical (unpaired) electrons. The van der Waals surface area contributed by atoms with Crippen molar-refractivity contribution in [1.29, 1.82) is 0 Å². The molecule has 5 nitrogen and oxygen atoms in total. The average molecular weight is 290 g/mol. The van der Waals surface area contributed by atoms with Gasteiger partial charge in [0.1, 0.15) is 0 Å². The van der Waals surface area contributed by atoms with Gasteiger partial charge in [0.2, 0.25) is 0 Å². The molecule has 0 aromatic heterocycles. The van der Waals surface area contributed by atoms with Crippen LogP contribution in [-0.2, 0) is 0 Å². The predicted molar refractivity (Wildman–Crippen MR) is 87.1 cm³/mol. The van der Waals surface area contributed by atoms with Crippen molar-refractivity contribution in [2.75, 3.05) is 31.6 Å². The Morgan fingerprint density at radius 2 is 1.90 bits per heavy atom. The molecule has 1 aromatic carbocycles. The Morgan fingerprint density at radius 1 is 1.29 bits per heavy atom. The topological polar surface area (TPSA) is 75.6 Å².